The van der Waals surface area contributed by atoms with E-state index in [1.807, 2.05) is 6.07 Å². The van der Waals surface area contributed by atoms with Gasteiger partial charge in [-0.2, -0.15) is 0 Å². The molecule has 0 saturated carbocycles. The highest BCUT2D eigenvalue weighted by Gasteiger charge is 2.13. The Labute approximate surface area is 156 Å². The maximum atomic E-state index is 12.2. The van der Waals surface area contributed by atoms with Crippen LogP contribution in [0.2, 0.25) is 0 Å². The van der Waals surface area contributed by atoms with Crippen LogP contribution in [0.5, 0.6) is 0 Å². The van der Waals surface area contributed by atoms with E-state index in [1.54, 1.807) is 12.3 Å². The Morgan fingerprint density at radius 2 is 1.96 bits per heavy atom. The highest BCUT2D eigenvalue weighted by Crippen LogP contribution is 2.17. The highest BCUT2D eigenvalue weighted by molar-refractivity contribution is 7.09. The van der Waals surface area contributed by atoms with Crippen LogP contribution in [-0.4, -0.2) is 46.6 Å². The van der Waals surface area contributed by atoms with Crippen molar-refractivity contribution in [1.82, 2.24) is 15.3 Å². The van der Waals surface area contributed by atoms with E-state index in [2.05, 4.69) is 20.2 Å². The van der Waals surface area contributed by atoms with Crippen LogP contribution < -0.4 is 10.2 Å². The molecule has 2 N–H and O–H groups in total. The van der Waals surface area contributed by atoms with Crippen LogP contribution in [0, 0.1) is 0 Å². The maximum absolute atomic E-state index is 12.2. The van der Waals surface area contributed by atoms with E-state index in [9.17, 15) is 9.59 Å². The molecule has 26 heavy (non-hydrogen) atoms. The predicted molar refractivity (Wildman–Crippen MR) is 100 cm³/mol. The number of pyridine rings is 1. The molecule has 2 aromatic heterocycles. The van der Waals surface area contributed by atoms with E-state index in [4.69, 9.17) is 5.11 Å². The first-order valence-corrected chi connectivity index (χ1v) is 9.68. The molecule has 3 rings (SSSR count). The van der Waals surface area contributed by atoms with E-state index in [0.29, 0.717) is 23.5 Å². The number of hydrogen-bond acceptors (Lipinski definition) is 6. The largest absolute Gasteiger partial charge is 0.476 e. The number of carboxylic acids is 1. The zero-order valence-electron chi connectivity index (χ0n) is 14.5. The van der Waals surface area contributed by atoms with Crippen molar-refractivity contribution in [2.45, 2.75) is 32.1 Å². The summed E-state index contributed by atoms with van der Waals surface area (Å²) in [5, 5.41) is 13.9. The van der Waals surface area contributed by atoms with Gasteiger partial charge >= 0.3 is 5.97 Å². The van der Waals surface area contributed by atoms with Crippen molar-refractivity contribution in [2.75, 3.05) is 24.5 Å². The zero-order chi connectivity index (χ0) is 18.4. The number of aromatic nitrogens is 2. The van der Waals surface area contributed by atoms with Crippen molar-refractivity contribution < 1.29 is 14.7 Å². The van der Waals surface area contributed by atoms with E-state index >= 15 is 0 Å². The van der Waals surface area contributed by atoms with Crippen molar-refractivity contribution in [3.05, 3.63) is 40.0 Å². The molecule has 1 aliphatic heterocycles. The first-order valence-electron chi connectivity index (χ1n) is 8.80. The molecule has 1 amide bonds. The van der Waals surface area contributed by atoms with Crippen molar-refractivity contribution in [1.29, 1.82) is 0 Å². The minimum Gasteiger partial charge on any atom is -0.476 e. The first kappa shape index (κ1) is 18.3. The van der Waals surface area contributed by atoms with Gasteiger partial charge < -0.3 is 15.3 Å². The number of hydrogen-bond donors (Lipinski definition) is 2. The van der Waals surface area contributed by atoms with E-state index in [1.165, 1.54) is 42.4 Å². The van der Waals surface area contributed by atoms with Crippen LogP contribution in [-0.2, 0) is 6.42 Å². The Bertz CT molecular complexity index is 752. The van der Waals surface area contributed by atoms with Crippen molar-refractivity contribution >= 4 is 29.0 Å². The normalized spacial score (nSPS) is 14.7. The second-order valence-electron chi connectivity index (χ2n) is 6.24. The van der Waals surface area contributed by atoms with E-state index in [-0.39, 0.29) is 11.6 Å². The molecule has 0 atom stereocenters. The molecule has 1 saturated heterocycles. The second-order valence-corrected chi connectivity index (χ2v) is 7.19. The average molecular weight is 374 g/mol. The quantitative estimate of drug-likeness (QED) is 0.807. The Kier molecular flexibility index (Phi) is 6.17. The van der Waals surface area contributed by atoms with Crippen LogP contribution in [0.4, 0.5) is 5.82 Å². The van der Waals surface area contributed by atoms with Gasteiger partial charge in [-0.05, 0) is 25.0 Å². The van der Waals surface area contributed by atoms with Gasteiger partial charge in [-0.25, -0.2) is 14.8 Å². The first-order chi connectivity index (χ1) is 12.6. The topological polar surface area (TPSA) is 95.4 Å². The van der Waals surface area contributed by atoms with Crippen LogP contribution in [0.15, 0.2) is 23.7 Å². The van der Waals surface area contributed by atoms with Crippen LogP contribution in [0.3, 0.4) is 0 Å². The molecule has 0 aromatic carbocycles. The lowest BCUT2D eigenvalue weighted by Crippen LogP contribution is -2.27. The van der Waals surface area contributed by atoms with Gasteiger partial charge in [-0.15, -0.1) is 11.3 Å². The number of carbonyl (C=O) groups excluding carboxylic acids is 1. The molecular weight excluding hydrogens is 352 g/mol. The number of carbonyl (C=O) groups is 2. The number of nitrogens with one attached hydrogen (secondary N) is 1. The minimum absolute atomic E-state index is 0.0460. The smallest absolute Gasteiger partial charge is 0.355 e. The van der Waals surface area contributed by atoms with E-state index in [0.717, 1.165) is 18.9 Å². The number of amides is 1. The molecular formula is C18H22N4O3S. The summed E-state index contributed by atoms with van der Waals surface area (Å²) in [5.41, 5.74) is 0.568. The summed E-state index contributed by atoms with van der Waals surface area (Å²) in [6.45, 7) is 2.44. The SMILES string of the molecule is O=C(NCCc1nc(C(=O)O)cs1)c1ccc(N2CCCCCC2)nc1. The second kappa shape index (κ2) is 8.75. The van der Waals surface area contributed by atoms with Gasteiger partial charge in [0.15, 0.2) is 5.69 Å². The fourth-order valence-corrected chi connectivity index (χ4v) is 3.69. The number of nitrogens with zero attached hydrogens (tertiary/aromatic N) is 3. The fourth-order valence-electron chi connectivity index (χ4n) is 2.92. The van der Waals surface area contributed by atoms with Gasteiger partial charge in [0.2, 0.25) is 0 Å². The summed E-state index contributed by atoms with van der Waals surface area (Å²) in [6, 6.07) is 3.70. The molecule has 0 aliphatic carbocycles. The molecule has 2 aromatic rings. The van der Waals surface area contributed by atoms with Crippen molar-refractivity contribution in [3.8, 4) is 0 Å². The Balaban J connectivity index is 1.50. The molecule has 0 bridgehead atoms. The van der Waals surface area contributed by atoms with Gasteiger partial charge in [0, 0.05) is 37.6 Å². The monoisotopic (exact) mass is 374 g/mol. The van der Waals surface area contributed by atoms with Gasteiger partial charge in [0.25, 0.3) is 5.91 Å². The van der Waals surface area contributed by atoms with Crippen LogP contribution >= 0.6 is 11.3 Å². The Hall–Kier alpha value is -2.48. The summed E-state index contributed by atoms with van der Waals surface area (Å²) in [4.78, 5) is 33.7. The van der Waals surface area contributed by atoms with Gasteiger partial charge in [0.05, 0.1) is 10.6 Å². The van der Waals surface area contributed by atoms with Gasteiger partial charge in [-0.1, -0.05) is 12.8 Å². The van der Waals surface area contributed by atoms with Gasteiger partial charge in [-0.3, -0.25) is 4.79 Å². The lowest BCUT2D eigenvalue weighted by Gasteiger charge is -2.21. The molecule has 1 fully saturated rings. The van der Waals surface area contributed by atoms with Crippen LogP contribution in [0.25, 0.3) is 0 Å². The average Bonchev–Trinajstić information content (AvgIpc) is 2.96. The maximum Gasteiger partial charge on any atom is 0.355 e. The van der Waals surface area contributed by atoms with Crippen LogP contribution in [0.1, 0.15) is 51.5 Å². The third-order valence-corrected chi connectivity index (χ3v) is 5.24. The standard InChI is InChI=1S/C18H22N4O3S/c23-17(19-8-7-16-21-14(12-26-16)18(24)25)13-5-6-15(20-11-13)22-9-3-1-2-4-10-22/h5-6,11-12H,1-4,7-10H2,(H,19,23)(H,24,25). The number of carboxylic acid groups (broad SMARTS) is 1. The summed E-state index contributed by atoms with van der Waals surface area (Å²) >= 11 is 1.28. The molecule has 0 radical (unpaired) electrons. The Morgan fingerprint density at radius 3 is 2.58 bits per heavy atom. The summed E-state index contributed by atoms with van der Waals surface area (Å²) in [7, 11) is 0. The molecule has 7 nitrogen and oxygen atoms in total. The highest BCUT2D eigenvalue weighted by atomic mass is 32.1. The summed E-state index contributed by atoms with van der Waals surface area (Å²) in [6.07, 6.45) is 7.02. The number of anilines is 1. The van der Waals surface area contributed by atoms with Crippen molar-refractivity contribution in [2.24, 2.45) is 0 Å². The Morgan fingerprint density at radius 1 is 1.19 bits per heavy atom. The molecule has 0 spiro atoms. The summed E-state index contributed by atoms with van der Waals surface area (Å²) in [5.74, 6) is -0.297. The summed E-state index contributed by atoms with van der Waals surface area (Å²) < 4.78 is 0. The lowest BCUT2D eigenvalue weighted by molar-refractivity contribution is 0.0690. The van der Waals surface area contributed by atoms with Crippen molar-refractivity contribution in [3.63, 3.8) is 0 Å². The number of thiazole rings is 1. The lowest BCUT2D eigenvalue weighted by atomic mass is 10.2. The number of aromatic carboxylic acids is 1. The zero-order valence-corrected chi connectivity index (χ0v) is 15.3. The van der Waals surface area contributed by atoms with E-state index < -0.39 is 5.97 Å². The number of rotatable bonds is 6. The minimum atomic E-state index is -1.04. The van der Waals surface area contributed by atoms with Gasteiger partial charge in [0.1, 0.15) is 5.82 Å². The molecule has 8 heteroatoms. The molecule has 3 heterocycles. The molecule has 138 valence electrons. The fraction of sp³-hybridized carbons (Fsp3) is 0.444. The predicted octanol–water partition coefficient (Wildman–Crippen LogP) is 2.59. The molecule has 1 aliphatic rings. The third-order valence-electron chi connectivity index (χ3n) is 4.34. The third kappa shape index (κ3) is 4.78. The molecule has 0 unspecified atom stereocenters.